The molecule has 4 aromatic rings. The van der Waals surface area contributed by atoms with Crippen LogP contribution in [0.2, 0.25) is 0 Å². The van der Waals surface area contributed by atoms with Crippen LogP contribution in [-0.4, -0.2) is 96.7 Å². The first-order valence-electron chi connectivity index (χ1n) is 19.1. The zero-order valence-corrected chi connectivity index (χ0v) is 35.4. The highest BCUT2D eigenvalue weighted by Gasteiger charge is 2.37. The number of hydrogen-bond donors (Lipinski definition) is 5. The van der Waals surface area contributed by atoms with Crippen molar-refractivity contribution in [2.75, 3.05) is 14.1 Å². The molecule has 0 radical (unpaired) electrons. The van der Waals surface area contributed by atoms with Crippen LogP contribution in [0.4, 0.5) is 0 Å². The molecule has 58 heavy (non-hydrogen) atoms. The number of aliphatic hydroxyl groups excluding tert-OH is 1. The van der Waals surface area contributed by atoms with Gasteiger partial charge < -0.3 is 15.7 Å². The average Bonchev–Trinajstić information content (AvgIpc) is 3.19. The van der Waals surface area contributed by atoms with Gasteiger partial charge in [-0.3, -0.25) is 19.6 Å². The summed E-state index contributed by atoms with van der Waals surface area (Å²) in [7, 11) is -5.62. The zero-order valence-electron chi connectivity index (χ0n) is 33.8. The second-order valence-corrected chi connectivity index (χ2v) is 18.6. The standard InChI is InChI=1S/C41H56N8O7S2/c1-29(2)37(46-57(53,54)48(5)27-33-21-13-15-23-42-33)40(51)44-35(25-31-17-9-7-10-18-31)39(50)36(26-32-19-11-8-12-20-32)45-41(52)38(30(3)4)47-58(55,56)49(6)28-34-22-14-16-24-43-34/h7-24,29-30,35-39,46-47,50H,25-28H2,1-6H3,(H,44,51)(H,45,52)/t35-,36-,37-,38+,39?/m0/s1. The molecule has 2 aromatic heterocycles. The van der Waals surface area contributed by atoms with Crippen LogP contribution in [0.1, 0.15) is 50.2 Å². The second kappa shape index (κ2) is 21.4. The first-order chi connectivity index (χ1) is 27.5. The molecule has 5 atom stereocenters. The lowest BCUT2D eigenvalue weighted by Gasteiger charge is -2.34. The van der Waals surface area contributed by atoms with Gasteiger partial charge in [0.25, 0.3) is 20.4 Å². The highest BCUT2D eigenvalue weighted by molar-refractivity contribution is 7.87. The first kappa shape index (κ1) is 46.1. The van der Waals surface area contributed by atoms with Crippen LogP contribution in [0, 0.1) is 11.8 Å². The van der Waals surface area contributed by atoms with E-state index < -0.39 is 74.3 Å². The van der Waals surface area contributed by atoms with Crippen molar-refractivity contribution in [1.82, 2.24) is 38.7 Å². The molecule has 0 saturated heterocycles. The van der Waals surface area contributed by atoms with Gasteiger partial charge in [0.1, 0.15) is 12.1 Å². The fraction of sp³-hybridized carbons (Fsp3) is 0.415. The molecule has 2 amide bonds. The van der Waals surface area contributed by atoms with Crippen LogP contribution in [-0.2, 0) is 55.9 Å². The number of aromatic nitrogens is 2. The van der Waals surface area contributed by atoms with Gasteiger partial charge in [-0.2, -0.15) is 34.9 Å². The first-order valence-corrected chi connectivity index (χ1v) is 22.0. The Labute approximate surface area is 343 Å². The van der Waals surface area contributed by atoms with E-state index in [1.807, 2.05) is 60.7 Å². The fourth-order valence-electron chi connectivity index (χ4n) is 6.17. The zero-order chi connectivity index (χ0) is 42.5. The number of nitrogens with one attached hydrogen (secondary N) is 4. The van der Waals surface area contributed by atoms with Crippen molar-refractivity contribution in [2.45, 2.75) is 83.9 Å². The molecule has 0 spiro atoms. The smallest absolute Gasteiger partial charge is 0.280 e. The van der Waals surface area contributed by atoms with E-state index in [1.165, 1.54) is 14.1 Å². The summed E-state index contributed by atoms with van der Waals surface area (Å²) in [6, 6.07) is 24.0. The van der Waals surface area contributed by atoms with Crippen LogP contribution in [0.5, 0.6) is 0 Å². The largest absolute Gasteiger partial charge is 0.389 e. The van der Waals surface area contributed by atoms with E-state index in [0.717, 1.165) is 19.7 Å². The molecule has 2 heterocycles. The minimum atomic E-state index is -4.19. The van der Waals surface area contributed by atoms with Crippen LogP contribution in [0.3, 0.4) is 0 Å². The molecule has 0 saturated carbocycles. The number of hydrogen-bond acceptors (Lipinski definition) is 9. The predicted molar refractivity (Wildman–Crippen MR) is 223 cm³/mol. The van der Waals surface area contributed by atoms with Gasteiger partial charge in [0.15, 0.2) is 0 Å². The molecule has 15 nitrogen and oxygen atoms in total. The van der Waals surface area contributed by atoms with Gasteiger partial charge in [-0.1, -0.05) is 100 Å². The van der Waals surface area contributed by atoms with E-state index in [9.17, 15) is 31.5 Å². The van der Waals surface area contributed by atoms with Gasteiger partial charge >= 0.3 is 0 Å². The number of carbonyl (C=O) groups excluding carboxylic acids is 2. The van der Waals surface area contributed by atoms with Crippen LogP contribution < -0.4 is 20.1 Å². The van der Waals surface area contributed by atoms with Crippen molar-refractivity contribution in [1.29, 1.82) is 0 Å². The summed E-state index contributed by atoms with van der Waals surface area (Å²) in [5.74, 6) is -2.39. The monoisotopic (exact) mass is 836 g/mol. The highest BCUT2D eigenvalue weighted by atomic mass is 32.2. The van der Waals surface area contributed by atoms with Crippen molar-refractivity contribution in [3.05, 3.63) is 132 Å². The van der Waals surface area contributed by atoms with Gasteiger partial charge in [-0.25, -0.2) is 0 Å². The maximum atomic E-state index is 14.1. The van der Waals surface area contributed by atoms with E-state index in [4.69, 9.17) is 0 Å². The summed E-state index contributed by atoms with van der Waals surface area (Å²) in [4.78, 5) is 36.7. The maximum absolute atomic E-state index is 14.1. The normalized spacial score (nSPS) is 14.9. The Hall–Kier alpha value is -4.62. The molecule has 0 aliphatic heterocycles. The molecule has 5 N–H and O–H groups in total. The Bertz CT molecular complexity index is 1950. The van der Waals surface area contributed by atoms with Gasteiger partial charge in [-0.05, 0) is 60.1 Å². The van der Waals surface area contributed by atoms with Crippen LogP contribution in [0.25, 0.3) is 0 Å². The van der Waals surface area contributed by atoms with Crippen molar-refractivity contribution in [3.8, 4) is 0 Å². The SMILES string of the molecule is CC(C)[C@H](NS(=O)(=O)N(C)Cc1ccccn1)C(=O)N[C@@H](Cc1ccccc1)C(O)[C@H](Cc1ccccc1)NC(=O)[C@H](NS(=O)(=O)N(C)Cc1ccccn1)C(C)C. The number of carbonyl (C=O) groups is 2. The molecule has 0 aliphatic rings. The minimum Gasteiger partial charge on any atom is -0.389 e. The Morgan fingerprint density at radius 2 is 0.931 bits per heavy atom. The van der Waals surface area contributed by atoms with Crippen molar-refractivity contribution >= 4 is 32.2 Å². The maximum Gasteiger partial charge on any atom is 0.280 e. The number of benzene rings is 2. The van der Waals surface area contributed by atoms with Crippen molar-refractivity contribution in [3.63, 3.8) is 0 Å². The summed E-state index contributed by atoms with van der Waals surface area (Å²) in [5.41, 5.74) is 2.55. The number of aliphatic hydroxyl groups is 1. The number of amides is 2. The number of rotatable bonds is 22. The molecule has 0 fully saturated rings. The van der Waals surface area contributed by atoms with E-state index in [1.54, 1.807) is 76.5 Å². The molecular formula is C41H56N8O7S2. The molecule has 0 bridgehead atoms. The predicted octanol–water partition coefficient (Wildman–Crippen LogP) is 2.57. The molecule has 0 aliphatic carbocycles. The Morgan fingerprint density at radius 1 is 0.586 bits per heavy atom. The molecule has 17 heteroatoms. The third-order valence-corrected chi connectivity index (χ3v) is 12.6. The van der Waals surface area contributed by atoms with Gasteiger partial charge in [0, 0.05) is 26.5 Å². The quantitative estimate of drug-likeness (QED) is 0.0789. The lowest BCUT2D eigenvalue weighted by molar-refractivity contribution is -0.126. The van der Waals surface area contributed by atoms with E-state index in [-0.39, 0.29) is 25.9 Å². The lowest BCUT2D eigenvalue weighted by Crippen LogP contribution is -2.62. The number of nitrogens with zero attached hydrogens (tertiary/aromatic N) is 4. The Kier molecular flexibility index (Phi) is 17.0. The molecule has 1 unspecified atom stereocenters. The topological polar surface area (TPSA) is 203 Å². The second-order valence-electron chi connectivity index (χ2n) is 14.9. The fourth-order valence-corrected chi connectivity index (χ4v) is 8.54. The third-order valence-electron chi connectivity index (χ3n) is 9.57. The highest BCUT2D eigenvalue weighted by Crippen LogP contribution is 2.17. The molecule has 2 aromatic carbocycles. The summed E-state index contributed by atoms with van der Waals surface area (Å²) >= 11 is 0. The summed E-state index contributed by atoms with van der Waals surface area (Å²) < 4.78 is 61.2. The third kappa shape index (κ3) is 13.8. The molecule has 4 rings (SSSR count). The Morgan fingerprint density at radius 3 is 1.24 bits per heavy atom. The summed E-state index contributed by atoms with van der Waals surface area (Å²) in [6.45, 7) is 6.74. The Balaban J connectivity index is 1.62. The van der Waals surface area contributed by atoms with E-state index in [2.05, 4.69) is 30.0 Å². The lowest BCUT2D eigenvalue weighted by atomic mass is 9.91. The van der Waals surface area contributed by atoms with E-state index >= 15 is 0 Å². The van der Waals surface area contributed by atoms with Crippen molar-refractivity contribution < 1.29 is 31.5 Å². The van der Waals surface area contributed by atoms with Crippen LogP contribution in [0.15, 0.2) is 109 Å². The number of pyridine rings is 2. The van der Waals surface area contributed by atoms with Gasteiger partial charge in [0.05, 0.1) is 42.7 Å². The van der Waals surface area contributed by atoms with E-state index in [0.29, 0.717) is 11.4 Å². The van der Waals surface area contributed by atoms with Gasteiger partial charge in [0.2, 0.25) is 11.8 Å². The van der Waals surface area contributed by atoms with Crippen molar-refractivity contribution in [2.24, 2.45) is 11.8 Å². The summed E-state index contributed by atoms with van der Waals surface area (Å²) in [5, 5.41) is 18.1. The van der Waals surface area contributed by atoms with Crippen LogP contribution >= 0.6 is 0 Å². The molecule has 314 valence electrons. The van der Waals surface area contributed by atoms with Gasteiger partial charge in [-0.15, -0.1) is 0 Å². The average molecular weight is 837 g/mol. The summed E-state index contributed by atoms with van der Waals surface area (Å²) in [6.07, 6.45) is 1.91. The molecular weight excluding hydrogens is 781 g/mol. The minimum absolute atomic E-state index is 0.0349.